The maximum atomic E-state index is 10.5. The van der Waals surface area contributed by atoms with E-state index in [0.29, 0.717) is 10.9 Å². The van der Waals surface area contributed by atoms with Crippen LogP contribution in [0.25, 0.3) is 6.08 Å². The SMILES string of the molecule is CC(C)C1CCN(c2ccc(/C=C/C(=O)O)cc2Cl)C1. The molecule has 1 N–H and O–H groups in total. The van der Waals surface area contributed by atoms with Gasteiger partial charge in [-0.3, -0.25) is 0 Å². The number of halogens is 1. The second-order valence-corrected chi connectivity index (χ2v) is 6.03. The predicted molar refractivity (Wildman–Crippen MR) is 83.3 cm³/mol. The molecule has 20 heavy (non-hydrogen) atoms. The van der Waals surface area contributed by atoms with Crippen LogP contribution in [-0.2, 0) is 4.79 Å². The lowest BCUT2D eigenvalue weighted by molar-refractivity contribution is -0.131. The normalized spacial score (nSPS) is 19.2. The summed E-state index contributed by atoms with van der Waals surface area (Å²) < 4.78 is 0. The number of aliphatic carboxylic acids is 1. The van der Waals surface area contributed by atoms with Gasteiger partial charge in [-0.2, -0.15) is 0 Å². The molecule has 1 unspecified atom stereocenters. The van der Waals surface area contributed by atoms with Crippen LogP contribution in [0.1, 0.15) is 25.8 Å². The van der Waals surface area contributed by atoms with E-state index in [1.54, 1.807) is 6.08 Å². The highest BCUT2D eigenvalue weighted by Crippen LogP contribution is 2.33. The molecule has 1 aromatic rings. The van der Waals surface area contributed by atoms with Gasteiger partial charge in [0.2, 0.25) is 0 Å². The van der Waals surface area contributed by atoms with Crippen molar-refractivity contribution >= 4 is 29.3 Å². The number of carbonyl (C=O) groups is 1. The Labute approximate surface area is 124 Å². The molecule has 1 aromatic carbocycles. The van der Waals surface area contributed by atoms with Crippen LogP contribution in [0.3, 0.4) is 0 Å². The van der Waals surface area contributed by atoms with Gasteiger partial charge in [-0.1, -0.05) is 31.5 Å². The summed E-state index contributed by atoms with van der Waals surface area (Å²) in [6.45, 7) is 6.60. The Balaban J connectivity index is 2.12. The quantitative estimate of drug-likeness (QED) is 0.855. The van der Waals surface area contributed by atoms with E-state index < -0.39 is 5.97 Å². The minimum atomic E-state index is -0.954. The first-order valence-corrected chi connectivity index (χ1v) is 7.30. The summed E-state index contributed by atoms with van der Waals surface area (Å²) in [6.07, 6.45) is 3.88. The van der Waals surface area contributed by atoms with Crippen molar-refractivity contribution in [2.45, 2.75) is 20.3 Å². The summed E-state index contributed by atoms with van der Waals surface area (Å²) in [7, 11) is 0. The zero-order chi connectivity index (χ0) is 14.7. The van der Waals surface area contributed by atoms with Crippen molar-refractivity contribution in [3.05, 3.63) is 34.9 Å². The summed E-state index contributed by atoms with van der Waals surface area (Å²) in [6, 6.07) is 5.70. The molecule has 0 aromatic heterocycles. The van der Waals surface area contributed by atoms with Crippen LogP contribution in [-0.4, -0.2) is 24.2 Å². The fraction of sp³-hybridized carbons (Fsp3) is 0.438. The first-order valence-electron chi connectivity index (χ1n) is 6.93. The average Bonchev–Trinajstić information content (AvgIpc) is 2.86. The van der Waals surface area contributed by atoms with E-state index in [1.165, 1.54) is 6.42 Å². The van der Waals surface area contributed by atoms with Crippen molar-refractivity contribution in [2.24, 2.45) is 11.8 Å². The molecule has 4 heteroatoms. The van der Waals surface area contributed by atoms with E-state index in [1.807, 2.05) is 18.2 Å². The van der Waals surface area contributed by atoms with Gasteiger partial charge in [0.15, 0.2) is 0 Å². The third-order valence-corrected chi connectivity index (χ3v) is 4.20. The van der Waals surface area contributed by atoms with Crippen molar-refractivity contribution in [3.63, 3.8) is 0 Å². The van der Waals surface area contributed by atoms with E-state index in [4.69, 9.17) is 16.7 Å². The molecule has 1 atom stereocenters. The predicted octanol–water partition coefficient (Wildman–Crippen LogP) is 3.92. The molecular weight excluding hydrogens is 274 g/mol. The molecule has 1 fully saturated rings. The van der Waals surface area contributed by atoms with Crippen LogP contribution >= 0.6 is 11.6 Å². The average molecular weight is 294 g/mol. The lowest BCUT2D eigenvalue weighted by atomic mass is 9.95. The van der Waals surface area contributed by atoms with Crippen molar-refractivity contribution in [3.8, 4) is 0 Å². The lowest BCUT2D eigenvalue weighted by Crippen LogP contribution is -2.21. The van der Waals surface area contributed by atoms with E-state index >= 15 is 0 Å². The monoisotopic (exact) mass is 293 g/mol. The van der Waals surface area contributed by atoms with Crippen LogP contribution in [0.4, 0.5) is 5.69 Å². The van der Waals surface area contributed by atoms with Gasteiger partial charge < -0.3 is 10.0 Å². The Morgan fingerprint density at radius 1 is 1.50 bits per heavy atom. The molecule has 0 saturated carbocycles. The minimum Gasteiger partial charge on any atom is -0.478 e. The Bertz CT molecular complexity index is 525. The van der Waals surface area contributed by atoms with E-state index in [9.17, 15) is 4.79 Å². The first kappa shape index (κ1) is 14.9. The largest absolute Gasteiger partial charge is 0.478 e. The fourth-order valence-electron chi connectivity index (χ4n) is 2.60. The minimum absolute atomic E-state index is 0.682. The number of carboxylic acids is 1. The summed E-state index contributed by atoms with van der Waals surface area (Å²) in [5.41, 5.74) is 1.85. The lowest BCUT2D eigenvalue weighted by Gasteiger charge is -2.21. The molecule has 2 rings (SSSR count). The smallest absolute Gasteiger partial charge is 0.328 e. The standard InChI is InChI=1S/C16H20ClNO2/c1-11(2)13-7-8-18(10-13)15-5-3-12(9-14(15)17)4-6-16(19)20/h3-6,9,11,13H,7-8,10H2,1-2H3,(H,19,20)/b6-4+. The van der Waals surface area contributed by atoms with Crippen molar-refractivity contribution in [2.75, 3.05) is 18.0 Å². The summed E-state index contributed by atoms with van der Waals surface area (Å²) >= 11 is 6.33. The third-order valence-electron chi connectivity index (χ3n) is 3.90. The Morgan fingerprint density at radius 3 is 2.80 bits per heavy atom. The third kappa shape index (κ3) is 3.54. The van der Waals surface area contributed by atoms with Gasteiger partial charge in [-0.25, -0.2) is 4.79 Å². The molecule has 1 heterocycles. The maximum Gasteiger partial charge on any atom is 0.328 e. The Hall–Kier alpha value is -1.48. The van der Waals surface area contributed by atoms with Gasteiger partial charge in [-0.05, 0) is 42.0 Å². The summed E-state index contributed by atoms with van der Waals surface area (Å²) in [5.74, 6) is 0.457. The van der Waals surface area contributed by atoms with Crippen LogP contribution in [0, 0.1) is 11.8 Å². The highest BCUT2D eigenvalue weighted by Gasteiger charge is 2.25. The topological polar surface area (TPSA) is 40.5 Å². The molecule has 0 aliphatic carbocycles. The molecule has 1 aliphatic heterocycles. The molecule has 3 nitrogen and oxygen atoms in total. The van der Waals surface area contributed by atoms with Crippen LogP contribution in [0.15, 0.2) is 24.3 Å². The van der Waals surface area contributed by atoms with E-state index in [2.05, 4.69) is 18.7 Å². The van der Waals surface area contributed by atoms with E-state index in [-0.39, 0.29) is 0 Å². The molecule has 0 amide bonds. The molecule has 1 saturated heterocycles. The van der Waals surface area contributed by atoms with Gasteiger partial charge in [0.25, 0.3) is 0 Å². The number of nitrogens with zero attached hydrogens (tertiary/aromatic N) is 1. The maximum absolute atomic E-state index is 10.5. The number of rotatable bonds is 4. The highest BCUT2D eigenvalue weighted by atomic mass is 35.5. The van der Waals surface area contributed by atoms with Gasteiger partial charge in [0.1, 0.15) is 0 Å². The summed E-state index contributed by atoms with van der Waals surface area (Å²) in [4.78, 5) is 12.8. The molecule has 108 valence electrons. The van der Waals surface area contributed by atoms with Gasteiger partial charge in [-0.15, -0.1) is 0 Å². The molecule has 1 aliphatic rings. The molecule has 0 bridgehead atoms. The van der Waals surface area contributed by atoms with Gasteiger partial charge in [0, 0.05) is 19.2 Å². The van der Waals surface area contributed by atoms with Crippen molar-refractivity contribution < 1.29 is 9.90 Å². The first-order chi connectivity index (χ1) is 9.47. The number of hydrogen-bond donors (Lipinski definition) is 1. The number of carboxylic acid groups (broad SMARTS) is 1. The number of benzene rings is 1. The molecular formula is C16H20ClNO2. The second-order valence-electron chi connectivity index (χ2n) is 5.62. The van der Waals surface area contributed by atoms with Crippen LogP contribution in [0.2, 0.25) is 5.02 Å². The highest BCUT2D eigenvalue weighted by molar-refractivity contribution is 6.33. The summed E-state index contributed by atoms with van der Waals surface area (Å²) in [5, 5.41) is 9.31. The van der Waals surface area contributed by atoms with Crippen LogP contribution in [0.5, 0.6) is 0 Å². The number of anilines is 1. The number of hydrogen-bond acceptors (Lipinski definition) is 2. The Morgan fingerprint density at radius 2 is 2.25 bits per heavy atom. The van der Waals surface area contributed by atoms with Gasteiger partial charge in [0.05, 0.1) is 10.7 Å². The van der Waals surface area contributed by atoms with Crippen LogP contribution < -0.4 is 4.90 Å². The van der Waals surface area contributed by atoms with Crippen molar-refractivity contribution in [1.29, 1.82) is 0 Å². The Kier molecular flexibility index (Phi) is 4.71. The molecule has 0 spiro atoms. The zero-order valence-corrected chi connectivity index (χ0v) is 12.6. The fourth-order valence-corrected chi connectivity index (χ4v) is 2.91. The zero-order valence-electron chi connectivity index (χ0n) is 11.8. The second kappa shape index (κ2) is 6.31. The van der Waals surface area contributed by atoms with Crippen molar-refractivity contribution in [1.82, 2.24) is 0 Å². The van der Waals surface area contributed by atoms with Gasteiger partial charge >= 0.3 is 5.97 Å². The van der Waals surface area contributed by atoms with E-state index in [0.717, 1.165) is 36.3 Å². The molecule has 0 radical (unpaired) electrons.